The molecule has 5 rings (SSSR count). The molecule has 0 bridgehead atoms. The van der Waals surface area contributed by atoms with Crippen molar-refractivity contribution >= 4 is 28.6 Å². The molecule has 0 spiro atoms. The fourth-order valence-electron chi connectivity index (χ4n) is 3.82. The standard InChI is InChI=1S/C24H25N5OS/c30-22(25-14-6-9-17-7-2-1-3-8-17)16-31-24-28-27-23(29(24)18-12-13-18)20-15-26-21-11-5-4-10-19(20)21/h1-5,7-8,10-11,15,18,26H,6,9,12-14,16H2,(H,25,30). The Morgan fingerprint density at radius 2 is 1.90 bits per heavy atom. The maximum atomic E-state index is 12.3. The summed E-state index contributed by atoms with van der Waals surface area (Å²) in [6.45, 7) is 0.685. The number of thioether (sulfide) groups is 1. The van der Waals surface area contributed by atoms with Crippen LogP contribution in [0.5, 0.6) is 0 Å². The average molecular weight is 432 g/mol. The molecule has 2 N–H and O–H groups in total. The summed E-state index contributed by atoms with van der Waals surface area (Å²) in [4.78, 5) is 15.7. The average Bonchev–Trinajstić information content (AvgIpc) is 3.41. The molecular weight excluding hydrogens is 406 g/mol. The number of aromatic nitrogens is 4. The molecule has 1 aliphatic carbocycles. The van der Waals surface area contributed by atoms with E-state index in [1.165, 1.54) is 17.3 Å². The number of H-pyrrole nitrogens is 1. The summed E-state index contributed by atoms with van der Waals surface area (Å²) in [5.41, 5.74) is 3.45. The Bertz CT molecular complexity index is 1180. The number of nitrogens with zero attached hydrogens (tertiary/aromatic N) is 3. The van der Waals surface area contributed by atoms with Gasteiger partial charge in [-0.2, -0.15) is 0 Å². The first-order valence-electron chi connectivity index (χ1n) is 10.7. The van der Waals surface area contributed by atoms with E-state index in [2.05, 4.69) is 49.3 Å². The van der Waals surface area contributed by atoms with Gasteiger partial charge in [0.1, 0.15) is 0 Å². The Balaban J connectivity index is 1.21. The molecule has 4 aromatic rings. The molecule has 0 radical (unpaired) electrons. The number of rotatable bonds is 9. The van der Waals surface area contributed by atoms with Crippen molar-refractivity contribution in [1.29, 1.82) is 0 Å². The van der Waals surface area contributed by atoms with Gasteiger partial charge in [-0.15, -0.1) is 10.2 Å². The first kappa shape index (κ1) is 19.9. The Morgan fingerprint density at radius 3 is 2.74 bits per heavy atom. The number of benzene rings is 2. The summed E-state index contributed by atoms with van der Waals surface area (Å²) >= 11 is 1.47. The molecule has 2 aromatic heterocycles. The molecular formula is C24H25N5OS. The van der Waals surface area contributed by atoms with E-state index in [1.54, 1.807) is 0 Å². The van der Waals surface area contributed by atoms with Crippen LogP contribution in [0.3, 0.4) is 0 Å². The number of aromatic amines is 1. The molecule has 1 aliphatic rings. The van der Waals surface area contributed by atoms with Gasteiger partial charge in [0, 0.05) is 35.2 Å². The van der Waals surface area contributed by atoms with Crippen molar-refractivity contribution in [2.24, 2.45) is 0 Å². The zero-order valence-electron chi connectivity index (χ0n) is 17.3. The molecule has 1 saturated carbocycles. The Labute approximate surface area is 185 Å². The smallest absolute Gasteiger partial charge is 0.230 e. The number of hydrogen-bond donors (Lipinski definition) is 2. The molecule has 2 aromatic carbocycles. The molecule has 31 heavy (non-hydrogen) atoms. The molecule has 7 heteroatoms. The zero-order valence-corrected chi connectivity index (χ0v) is 18.1. The van der Waals surface area contributed by atoms with E-state index in [1.807, 2.05) is 36.5 Å². The van der Waals surface area contributed by atoms with Gasteiger partial charge in [-0.3, -0.25) is 9.36 Å². The molecule has 0 atom stereocenters. The highest BCUT2D eigenvalue weighted by Crippen LogP contribution is 2.42. The van der Waals surface area contributed by atoms with Crippen molar-refractivity contribution in [3.8, 4) is 11.4 Å². The topological polar surface area (TPSA) is 75.6 Å². The third-order valence-corrected chi connectivity index (χ3v) is 6.49. The summed E-state index contributed by atoms with van der Waals surface area (Å²) in [5.74, 6) is 1.27. The minimum Gasteiger partial charge on any atom is -0.360 e. The third-order valence-electron chi connectivity index (χ3n) is 5.55. The van der Waals surface area contributed by atoms with Crippen LogP contribution in [0.15, 0.2) is 66.0 Å². The van der Waals surface area contributed by atoms with E-state index in [0.717, 1.165) is 53.1 Å². The quantitative estimate of drug-likeness (QED) is 0.300. The highest BCUT2D eigenvalue weighted by molar-refractivity contribution is 7.99. The van der Waals surface area contributed by atoms with E-state index in [-0.39, 0.29) is 5.91 Å². The highest BCUT2D eigenvalue weighted by Gasteiger charge is 2.31. The molecule has 2 heterocycles. The second kappa shape index (κ2) is 8.98. The number of aryl methyl sites for hydroxylation is 1. The lowest BCUT2D eigenvalue weighted by atomic mass is 10.1. The van der Waals surface area contributed by atoms with Crippen LogP contribution in [0.2, 0.25) is 0 Å². The monoisotopic (exact) mass is 431 g/mol. The van der Waals surface area contributed by atoms with E-state index < -0.39 is 0 Å². The number of amides is 1. The van der Waals surface area contributed by atoms with Gasteiger partial charge < -0.3 is 10.3 Å². The first-order valence-corrected chi connectivity index (χ1v) is 11.7. The maximum absolute atomic E-state index is 12.3. The van der Waals surface area contributed by atoms with Crippen molar-refractivity contribution in [3.63, 3.8) is 0 Å². The van der Waals surface area contributed by atoms with Crippen LogP contribution in [0.4, 0.5) is 0 Å². The van der Waals surface area contributed by atoms with Gasteiger partial charge >= 0.3 is 0 Å². The van der Waals surface area contributed by atoms with Gasteiger partial charge in [-0.25, -0.2) is 0 Å². The molecule has 1 amide bonds. The predicted octanol–water partition coefficient (Wildman–Crippen LogP) is 4.60. The molecule has 6 nitrogen and oxygen atoms in total. The van der Waals surface area contributed by atoms with Crippen molar-refractivity contribution in [1.82, 2.24) is 25.1 Å². The fraction of sp³-hybridized carbons (Fsp3) is 0.292. The maximum Gasteiger partial charge on any atom is 0.230 e. The van der Waals surface area contributed by atoms with Crippen molar-refractivity contribution in [2.75, 3.05) is 12.3 Å². The Morgan fingerprint density at radius 1 is 1.10 bits per heavy atom. The van der Waals surface area contributed by atoms with Crippen LogP contribution in [0.25, 0.3) is 22.3 Å². The van der Waals surface area contributed by atoms with E-state index in [4.69, 9.17) is 0 Å². The van der Waals surface area contributed by atoms with Crippen LogP contribution in [-0.4, -0.2) is 38.0 Å². The molecule has 0 unspecified atom stereocenters. The van der Waals surface area contributed by atoms with Gasteiger partial charge in [-0.1, -0.05) is 60.3 Å². The number of carbonyl (C=O) groups is 1. The Hall–Kier alpha value is -3.06. The molecule has 158 valence electrons. The zero-order chi connectivity index (χ0) is 21.0. The summed E-state index contributed by atoms with van der Waals surface area (Å²) in [7, 11) is 0. The van der Waals surface area contributed by atoms with E-state index >= 15 is 0 Å². The largest absolute Gasteiger partial charge is 0.360 e. The number of nitrogens with one attached hydrogen (secondary N) is 2. The third kappa shape index (κ3) is 4.51. The van der Waals surface area contributed by atoms with Crippen LogP contribution in [0.1, 0.15) is 30.9 Å². The van der Waals surface area contributed by atoms with Gasteiger partial charge in [0.15, 0.2) is 11.0 Å². The Kier molecular flexibility index (Phi) is 5.76. The van der Waals surface area contributed by atoms with Crippen LogP contribution >= 0.6 is 11.8 Å². The fourth-order valence-corrected chi connectivity index (χ4v) is 4.66. The van der Waals surface area contributed by atoms with Crippen LogP contribution in [0, 0.1) is 0 Å². The lowest BCUT2D eigenvalue weighted by molar-refractivity contribution is -0.118. The SMILES string of the molecule is O=C(CSc1nnc(-c2c[nH]c3ccccc23)n1C1CC1)NCCCc1ccccc1. The van der Waals surface area contributed by atoms with Gasteiger partial charge in [0.25, 0.3) is 0 Å². The number of para-hydroxylation sites is 1. The van der Waals surface area contributed by atoms with Crippen molar-refractivity contribution in [2.45, 2.75) is 36.9 Å². The van der Waals surface area contributed by atoms with Gasteiger partial charge in [0.2, 0.25) is 5.91 Å². The lowest BCUT2D eigenvalue weighted by Crippen LogP contribution is -2.26. The van der Waals surface area contributed by atoms with Crippen LogP contribution in [-0.2, 0) is 11.2 Å². The summed E-state index contributed by atoms with van der Waals surface area (Å²) in [6, 6.07) is 19.0. The second-order valence-electron chi connectivity index (χ2n) is 7.88. The minimum absolute atomic E-state index is 0.0389. The van der Waals surface area contributed by atoms with Gasteiger partial charge in [0.05, 0.1) is 5.75 Å². The van der Waals surface area contributed by atoms with E-state index in [0.29, 0.717) is 18.3 Å². The normalized spacial score (nSPS) is 13.5. The van der Waals surface area contributed by atoms with Crippen molar-refractivity contribution in [3.05, 3.63) is 66.4 Å². The summed E-state index contributed by atoms with van der Waals surface area (Å²) in [5, 5.41) is 13.9. The van der Waals surface area contributed by atoms with Gasteiger partial charge in [-0.05, 0) is 37.3 Å². The second-order valence-corrected chi connectivity index (χ2v) is 8.83. The number of carbonyl (C=O) groups excluding carboxylic acids is 1. The summed E-state index contributed by atoms with van der Waals surface area (Å²) < 4.78 is 2.21. The number of hydrogen-bond acceptors (Lipinski definition) is 4. The minimum atomic E-state index is 0.0389. The molecule has 1 fully saturated rings. The van der Waals surface area contributed by atoms with Crippen molar-refractivity contribution < 1.29 is 4.79 Å². The predicted molar refractivity (Wildman–Crippen MR) is 124 cm³/mol. The first-order chi connectivity index (χ1) is 15.3. The lowest BCUT2D eigenvalue weighted by Gasteiger charge is -2.09. The molecule has 0 saturated heterocycles. The molecule has 0 aliphatic heterocycles. The summed E-state index contributed by atoms with van der Waals surface area (Å²) in [6.07, 6.45) is 6.17. The van der Waals surface area contributed by atoms with Crippen LogP contribution < -0.4 is 5.32 Å². The van der Waals surface area contributed by atoms with E-state index in [9.17, 15) is 4.79 Å². The number of fused-ring (bicyclic) bond motifs is 1. The highest BCUT2D eigenvalue weighted by atomic mass is 32.2.